The highest BCUT2D eigenvalue weighted by atomic mass is 16.5. The Morgan fingerprint density at radius 3 is 2.50 bits per heavy atom. The third-order valence-corrected chi connectivity index (χ3v) is 2.78. The second-order valence-corrected chi connectivity index (χ2v) is 3.84. The molecule has 1 unspecified atom stereocenters. The smallest absolute Gasteiger partial charge is 0.310 e. The standard InChI is InChI=1S/C13H19NO4/c1-16-11-5-4-9(12(7-11)17-2)6-10(8-14)13(15)18-3/h4-5,7,10H,6,8,14H2,1-3H3. The molecule has 0 heterocycles. The van der Waals surface area contributed by atoms with Crippen molar-refractivity contribution < 1.29 is 19.0 Å². The Labute approximate surface area is 107 Å². The molecule has 1 aromatic rings. The van der Waals surface area contributed by atoms with Crippen LogP contribution in [0.25, 0.3) is 0 Å². The fraction of sp³-hybridized carbons (Fsp3) is 0.462. The Morgan fingerprint density at radius 2 is 2.00 bits per heavy atom. The Balaban J connectivity index is 2.91. The SMILES string of the molecule is COC(=O)C(CN)Cc1ccc(OC)cc1OC. The monoisotopic (exact) mass is 253 g/mol. The van der Waals surface area contributed by atoms with Gasteiger partial charge >= 0.3 is 5.97 Å². The summed E-state index contributed by atoms with van der Waals surface area (Å²) in [7, 11) is 4.52. The predicted molar refractivity (Wildman–Crippen MR) is 67.8 cm³/mol. The number of carbonyl (C=O) groups is 1. The van der Waals surface area contributed by atoms with E-state index < -0.39 is 0 Å². The van der Waals surface area contributed by atoms with E-state index in [-0.39, 0.29) is 18.4 Å². The first kappa shape index (κ1) is 14.3. The van der Waals surface area contributed by atoms with Crippen LogP contribution >= 0.6 is 0 Å². The van der Waals surface area contributed by atoms with E-state index in [4.69, 9.17) is 19.9 Å². The van der Waals surface area contributed by atoms with Gasteiger partial charge in [0.25, 0.3) is 0 Å². The molecule has 1 aromatic carbocycles. The third kappa shape index (κ3) is 3.37. The first-order valence-electron chi connectivity index (χ1n) is 5.65. The largest absolute Gasteiger partial charge is 0.497 e. The zero-order valence-electron chi connectivity index (χ0n) is 10.9. The predicted octanol–water partition coefficient (Wildman–Crippen LogP) is 0.994. The number of hydrogen-bond donors (Lipinski definition) is 1. The van der Waals surface area contributed by atoms with Crippen molar-refractivity contribution in [3.63, 3.8) is 0 Å². The molecule has 5 nitrogen and oxygen atoms in total. The first-order chi connectivity index (χ1) is 8.65. The van der Waals surface area contributed by atoms with Crippen molar-refractivity contribution in [2.45, 2.75) is 6.42 Å². The van der Waals surface area contributed by atoms with Crippen LogP contribution in [0, 0.1) is 5.92 Å². The third-order valence-electron chi connectivity index (χ3n) is 2.78. The van der Waals surface area contributed by atoms with Crippen molar-refractivity contribution in [2.24, 2.45) is 11.7 Å². The van der Waals surface area contributed by atoms with Crippen LogP contribution in [-0.4, -0.2) is 33.8 Å². The Bertz CT molecular complexity index is 406. The lowest BCUT2D eigenvalue weighted by atomic mass is 9.98. The highest BCUT2D eigenvalue weighted by molar-refractivity contribution is 5.73. The molecule has 0 bridgehead atoms. The number of benzene rings is 1. The summed E-state index contributed by atoms with van der Waals surface area (Å²) in [5.41, 5.74) is 6.48. The van der Waals surface area contributed by atoms with Crippen molar-refractivity contribution in [1.82, 2.24) is 0 Å². The van der Waals surface area contributed by atoms with E-state index in [0.29, 0.717) is 17.9 Å². The number of methoxy groups -OCH3 is 3. The van der Waals surface area contributed by atoms with E-state index in [1.54, 1.807) is 20.3 Å². The van der Waals surface area contributed by atoms with Crippen molar-refractivity contribution in [1.29, 1.82) is 0 Å². The molecule has 1 rings (SSSR count). The van der Waals surface area contributed by atoms with Gasteiger partial charge in [0.05, 0.1) is 27.2 Å². The summed E-state index contributed by atoms with van der Waals surface area (Å²) in [5.74, 6) is 0.710. The van der Waals surface area contributed by atoms with Crippen molar-refractivity contribution in [2.75, 3.05) is 27.9 Å². The molecule has 1 atom stereocenters. The molecule has 2 N–H and O–H groups in total. The number of rotatable bonds is 6. The summed E-state index contributed by atoms with van der Waals surface area (Å²) < 4.78 is 15.1. The van der Waals surface area contributed by atoms with Crippen molar-refractivity contribution in [3.05, 3.63) is 23.8 Å². The highest BCUT2D eigenvalue weighted by Crippen LogP contribution is 2.26. The van der Waals surface area contributed by atoms with Gasteiger partial charge in [-0.05, 0) is 18.1 Å². The maximum Gasteiger partial charge on any atom is 0.310 e. The molecule has 0 aliphatic carbocycles. The molecule has 0 amide bonds. The zero-order chi connectivity index (χ0) is 13.5. The molecule has 0 fully saturated rings. The number of esters is 1. The highest BCUT2D eigenvalue weighted by Gasteiger charge is 2.19. The second-order valence-electron chi connectivity index (χ2n) is 3.84. The first-order valence-corrected chi connectivity index (χ1v) is 5.65. The lowest BCUT2D eigenvalue weighted by Gasteiger charge is -2.15. The normalized spacial score (nSPS) is 11.8. The Kier molecular flexibility index (Phi) is 5.45. The molecular formula is C13H19NO4. The molecule has 0 saturated heterocycles. The number of carbonyl (C=O) groups excluding carboxylic acids is 1. The maximum absolute atomic E-state index is 11.5. The Hall–Kier alpha value is -1.75. The summed E-state index contributed by atoms with van der Waals surface area (Å²) in [5, 5.41) is 0. The van der Waals surface area contributed by atoms with E-state index in [1.807, 2.05) is 12.1 Å². The molecule has 100 valence electrons. The van der Waals surface area contributed by atoms with Gasteiger partial charge in [-0.2, -0.15) is 0 Å². The quantitative estimate of drug-likeness (QED) is 0.766. The van der Waals surface area contributed by atoms with E-state index in [0.717, 1.165) is 5.56 Å². The van der Waals surface area contributed by atoms with Crippen LogP contribution in [0.1, 0.15) is 5.56 Å². The van der Waals surface area contributed by atoms with E-state index in [2.05, 4.69) is 0 Å². The van der Waals surface area contributed by atoms with E-state index in [1.165, 1.54) is 7.11 Å². The van der Waals surface area contributed by atoms with Crippen LogP contribution in [0.4, 0.5) is 0 Å². The van der Waals surface area contributed by atoms with Crippen LogP contribution in [0.5, 0.6) is 11.5 Å². The summed E-state index contributed by atoms with van der Waals surface area (Å²) in [4.78, 5) is 11.5. The molecule has 0 spiro atoms. The van der Waals surface area contributed by atoms with Gasteiger partial charge in [0, 0.05) is 12.6 Å². The average Bonchev–Trinajstić information content (AvgIpc) is 2.43. The van der Waals surface area contributed by atoms with E-state index >= 15 is 0 Å². The van der Waals surface area contributed by atoms with Crippen molar-refractivity contribution in [3.8, 4) is 11.5 Å². The van der Waals surface area contributed by atoms with E-state index in [9.17, 15) is 4.79 Å². The van der Waals surface area contributed by atoms with Gasteiger partial charge in [-0.1, -0.05) is 6.07 Å². The minimum Gasteiger partial charge on any atom is -0.497 e. The van der Waals surface area contributed by atoms with Crippen LogP contribution in [0.2, 0.25) is 0 Å². The van der Waals surface area contributed by atoms with Gasteiger partial charge < -0.3 is 19.9 Å². The van der Waals surface area contributed by atoms with Gasteiger partial charge in [0.1, 0.15) is 11.5 Å². The van der Waals surface area contributed by atoms with Crippen molar-refractivity contribution >= 4 is 5.97 Å². The molecule has 0 aliphatic heterocycles. The number of ether oxygens (including phenoxy) is 3. The molecule has 0 saturated carbocycles. The molecule has 18 heavy (non-hydrogen) atoms. The lowest BCUT2D eigenvalue weighted by Crippen LogP contribution is -2.27. The molecule has 0 aromatic heterocycles. The number of nitrogens with two attached hydrogens (primary N) is 1. The number of hydrogen-bond acceptors (Lipinski definition) is 5. The van der Waals surface area contributed by atoms with Gasteiger partial charge in [-0.15, -0.1) is 0 Å². The van der Waals surface area contributed by atoms with Crippen LogP contribution in [-0.2, 0) is 16.0 Å². The summed E-state index contributed by atoms with van der Waals surface area (Å²) in [6.45, 7) is 0.238. The minimum absolute atomic E-state index is 0.238. The molecular weight excluding hydrogens is 234 g/mol. The van der Waals surface area contributed by atoms with Crippen LogP contribution in [0.15, 0.2) is 18.2 Å². The van der Waals surface area contributed by atoms with Gasteiger partial charge in [0.15, 0.2) is 0 Å². The fourth-order valence-corrected chi connectivity index (χ4v) is 1.72. The minimum atomic E-state index is -0.364. The van der Waals surface area contributed by atoms with Gasteiger partial charge in [0.2, 0.25) is 0 Å². The molecule has 5 heteroatoms. The van der Waals surface area contributed by atoms with Crippen LogP contribution < -0.4 is 15.2 Å². The van der Waals surface area contributed by atoms with Gasteiger partial charge in [-0.3, -0.25) is 4.79 Å². The summed E-state index contributed by atoms with van der Waals surface area (Å²) >= 11 is 0. The molecule has 0 radical (unpaired) electrons. The topological polar surface area (TPSA) is 70.8 Å². The van der Waals surface area contributed by atoms with Crippen LogP contribution in [0.3, 0.4) is 0 Å². The lowest BCUT2D eigenvalue weighted by molar-refractivity contribution is -0.145. The summed E-state index contributed by atoms with van der Waals surface area (Å²) in [6, 6.07) is 5.46. The fourth-order valence-electron chi connectivity index (χ4n) is 1.72. The summed E-state index contributed by atoms with van der Waals surface area (Å²) in [6.07, 6.45) is 0.482. The van der Waals surface area contributed by atoms with Gasteiger partial charge in [-0.25, -0.2) is 0 Å². The zero-order valence-corrected chi connectivity index (χ0v) is 10.9. The second kappa shape index (κ2) is 6.86. The Morgan fingerprint density at radius 1 is 1.28 bits per heavy atom. The average molecular weight is 253 g/mol. The molecule has 0 aliphatic rings. The maximum atomic E-state index is 11.5.